The average Bonchev–Trinajstić information content (AvgIpc) is 2.09. The third-order valence-electron chi connectivity index (χ3n) is 2.09. The first-order chi connectivity index (χ1) is 6.56. The molecule has 0 heterocycles. The van der Waals surface area contributed by atoms with E-state index in [1.165, 1.54) is 6.92 Å². The Morgan fingerprint density at radius 3 is 2.43 bits per heavy atom. The highest BCUT2D eigenvalue weighted by molar-refractivity contribution is 5.73. The molecule has 0 spiro atoms. The number of nitrogens with one attached hydrogen (secondary N) is 1. The third-order valence-corrected chi connectivity index (χ3v) is 2.09. The zero-order valence-electron chi connectivity index (χ0n) is 8.88. The SMILES string of the molecule is CCC(CCCCC(=O)O)NC(C)=O. The van der Waals surface area contributed by atoms with E-state index in [-0.39, 0.29) is 18.4 Å². The van der Waals surface area contributed by atoms with Crippen LogP contribution in [0.3, 0.4) is 0 Å². The minimum atomic E-state index is -0.752. The van der Waals surface area contributed by atoms with Crippen LogP contribution in [0.2, 0.25) is 0 Å². The first kappa shape index (κ1) is 12.9. The van der Waals surface area contributed by atoms with Crippen molar-refractivity contribution in [1.82, 2.24) is 5.32 Å². The molecule has 0 saturated heterocycles. The molecule has 1 atom stereocenters. The summed E-state index contributed by atoms with van der Waals surface area (Å²) in [7, 11) is 0. The molecule has 0 aliphatic carbocycles. The molecule has 0 aliphatic rings. The van der Waals surface area contributed by atoms with Gasteiger partial charge in [0, 0.05) is 19.4 Å². The summed E-state index contributed by atoms with van der Waals surface area (Å²) in [5.74, 6) is -0.771. The lowest BCUT2D eigenvalue weighted by atomic mass is 10.1. The molecule has 0 aliphatic heterocycles. The predicted octanol–water partition coefficient (Wildman–Crippen LogP) is 1.55. The van der Waals surface area contributed by atoms with E-state index >= 15 is 0 Å². The van der Waals surface area contributed by atoms with Crippen molar-refractivity contribution in [2.75, 3.05) is 0 Å². The number of carbonyl (C=O) groups excluding carboxylic acids is 1. The molecule has 4 heteroatoms. The lowest BCUT2D eigenvalue weighted by molar-refractivity contribution is -0.137. The molecule has 0 aromatic rings. The maximum atomic E-state index is 10.7. The molecular formula is C10H19NO3. The molecule has 1 amide bonds. The summed E-state index contributed by atoms with van der Waals surface area (Å²) in [5.41, 5.74) is 0. The van der Waals surface area contributed by atoms with Gasteiger partial charge in [-0.15, -0.1) is 0 Å². The van der Waals surface area contributed by atoms with Gasteiger partial charge in [-0.05, 0) is 19.3 Å². The van der Waals surface area contributed by atoms with E-state index in [9.17, 15) is 9.59 Å². The second-order valence-corrected chi connectivity index (χ2v) is 3.45. The van der Waals surface area contributed by atoms with E-state index < -0.39 is 5.97 Å². The van der Waals surface area contributed by atoms with Gasteiger partial charge in [-0.25, -0.2) is 0 Å². The number of hydrogen-bond acceptors (Lipinski definition) is 2. The Kier molecular flexibility index (Phi) is 6.80. The van der Waals surface area contributed by atoms with Gasteiger partial charge in [0.05, 0.1) is 0 Å². The number of rotatable bonds is 7. The third kappa shape index (κ3) is 7.58. The average molecular weight is 201 g/mol. The Morgan fingerprint density at radius 2 is 2.00 bits per heavy atom. The Balaban J connectivity index is 3.52. The molecule has 4 nitrogen and oxygen atoms in total. The number of amides is 1. The summed E-state index contributed by atoms with van der Waals surface area (Å²) < 4.78 is 0. The van der Waals surface area contributed by atoms with Gasteiger partial charge in [-0.3, -0.25) is 9.59 Å². The summed E-state index contributed by atoms with van der Waals surface area (Å²) in [6, 6.07) is 0.196. The quantitative estimate of drug-likeness (QED) is 0.614. The molecule has 0 aromatic heterocycles. The Morgan fingerprint density at radius 1 is 1.36 bits per heavy atom. The summed E-state index contributed by atoms with van der Waals surface area (Å²) >= 11 is 0. The molecule has 0 bridgehead atoms. The van der Waals surface area contributed by atoms with Crippen LogP contribution < -0.4 is 5.32 Å². The Labute approximate surface area is 84.7 Å². The predicted molar refractivity (Wildman–Crippen MR) is 54.0 cm³/mol. The molecule has 0 fully saturated rings. The van der Waals surface area contributed by atoms with Crippen LogP contribution in [0.1, 0.15) is 46.0 Å². The lowest BCUT2D eigenvalue weighted by Gasteiger charge is -2.14. The van der Waals surface area contributed by atoms with E-state index in [1.54, 1.807) is 0 Å². The maximum absolute atomic E-state index is 10.7. The Hall–Kier alpha value is -1.06. The van der Waals surface area contributed by atoms with E-state index in [1.807, 2.05) is 6.92 Å². The first-order valence-corrected chi connectivity index (χ1v) is 5.05. The van der Waals surface area contributed by atoms with Crippen molar-refractivity contribution in [2.24, 2.45) is 0 Å². The lowest BCUT2D eigenvalue weighted by Crippen LogP contribution is -2.32. The highest BCUT2D eigenvalue weighted by atomic mass is 16.4. The van der Waals surface area contributed by atoms with E-state index in [4.69, 9.17) is 5.11 Å². The molecule has 0 rings (SSSR count). The summed E-state index contributed by atoms with van der Waals surface area (Å²) in [6.45, 7) is 3.51. The smallest absolute Gasteiger partial charge is 0.303 e. The normalized spacial score (nSPS) is 12.1. The second-order valence-electron chi connectivity index (χ2n) is 3.45. The number of unbranched alkanes of at least 4 members (excludes halogenated alkanes) is 1. The van der Waals surface area contributed by atoms with Crippen molar-refractivity contribution in [1.29, 1.82) is 0 Å². The van der Waals surface area contributed by atoms with Gasteiger partial charge in [0.2, 0.25) is 5.91 Å². The molecular weight excluding hydrogens is 182 g/mol. The van der Waals surface area contributed by atoms with Gasteiger partial charge < -0.3 is 10.4 Å². The van der Waals surface area contributed by atoms with Gasteiger partial charge in [0.15, 0.2) is 0 Å². The minimum absolute atomic E-state index is 0.0184. The van der Waals surface area contributed by atoms with Crippen molar-refractivity contribution in [3.05, 3.63) is 0 Å². The number of aliphatic carboxylic acids is 1. The van der Waals surface area contributed by atoms with Crippen LogP contribution in [-0.2, 0) is 9.59 Å². The van der Waals surface area contributed by atoms with Crippen molar-refractivity contribution < 1.29 is 14.7 Å². The second kappa shape index (κ2) is 7.35. The standard InChI is InChI=1S/C10H19NO3/c1-3-9(11-8(2)12)6-4-5-7-10(13)14/h9H,3-7H2,1-2H3,(H,11,12)(H,13,14). The topological polar surface area (TPSA) is 66.4 Å². The van der Waals surface area contributed by atoms with Gasteiger partial charge >= 0.3 is 5.97 Å². The highest BCUT2D eigenvalue weighted by Crippen LogP contribution is 2.06. The first-order valence-electron chi connectivity index (χ1n) is 5.05. The van der Waals surface area contributed by atoms with Crippen molar-refractivity contribution in [2.45, 2.75) is 52.0 Å². The van der Waals surface area contributed by atoms with Crippen LogP contribution >= 0.6 is 0 Å². The fourth-order valence-electron chi connectivity index (χ4n) is 1.33. The van der Waals surface area contributed by atoms with Crippen molar-refractivity contribution in [3.8, 4) is 0 Å². The fourth-order valence-corrected chi connectivity index (χ4v) is 1.33. The minimum Gasteiger partial charge on any atom is -0.481 e. The monoisotopic (exact) mass is 201 g/mol. The molecule has 0 saturated carbocycles. The van der Waals surface area contributed by atoms with Crippen LogP contribution in [0.5, 0.6) is 0 Å². The van der Waals surface area contributed by atoms with Crippen LogP contribution in [0.25, 0.3) is 0 Å². The van der Waals surface area contributed by atoms with E-state index in [0.29, 0.717) is 6.42 Å². The highest BCUT2D eigenvalue weighted by Gasteiger charge is 2.07. The fraction of sp³-hybridized carbons (Fsp3) is 0.800. The molecule has 0 aromatic carbocycles. The van der Waals surface area contributed by atoms with Crippen molar-refractivity contribution >= 4 is 11.9 Å². The van der Waals surface area contributed by atoms with Crippen LogP contribution in [-0.4, -0.2) is 23.0 Å². The van der Waals surface area contributed by atoms with E-state index in [0.717, 1.165) is 19.3 Å². The zero-order valence-corrected chi connectivity index (χ0v) is 8.88. The molecule has 0 radical (unpaired) electrons. The number of carboxylic acids is 1. The zero-order chi connectivity index (χ0) is 11.0. The molecule has 82 valence electrons. The van der Waals surface area contributed by atoms with Crippen LogP contribution in [0.15, 0.2) is 0 Å². The summed E-state index contributed by atoms with van der Waals surface area (Å²) in [6.07, 6.45) is 3.52. The number of carboxylic acid groups (broad SMARTS) is 1. The summed E-state index contributed by atoms with van der Waals surface area (Å²) in [4.78, 5) is 21.0. The van der Waals surface area contributed by atoms with Gasteiger partial charge in [-0.2, -0.15) is 0 Å². The van der Waals surface area contributed by atoms with Crippen LogP contribution in [0, 0.1) is 0 Å². The maximum Gasteiger partial charge on any atom is 0.303 e. The van der Waals surface area contributed by atoms with E-state index in [2.05, 4.69) is 5.32 Å². The number of carbonyl (C=O) groups is 2. The van der Waals surface area contributed by atoms with Crippen LogP contribution in [0.4, 0.5) is 0 Å². The van der Waals surface area contributed by atoms with Gasteiger partial charge in [-0.1, -0.05) is 13.3 Å². The van der Waals surface area contributed by atoms with Gasteiger partial charge in [0.25, 0.3) is 0 Å². The largest absolute Gasteiger partial charge is 0.481 e. The van der Waals surface area contributed by atoms with Crippen molar-refractivity contribution in [3.63, 3.8) is 0 Å². The van der Waals surface area contributed by atoms with Gasteiger partial charge in [0.1, 0.15) is 0 Å². The summed E-state index contributed by atoms with van der Waals surface area (Å²) in [5, 5.41) is 11.2. The molecule has 14 heavy (non-hydrogen) atoms. The Bertz CT molecular complexity index is 192. The number of hydrogen-bond donors (Lipinski definition) is 2. The molecule has 2 N–H and O–H groups in total. The molecule has 1 unspecified atom stereocenters.